The van der Waals surface area contributed by atoms with Crippen molar-refractivity contribution in [1.29, 1.82) is 0 Å². The molecule has 0 heterocycles. The quantitative estimate of drug-likeness (QED) is 0.436. The van der Waals surface area contributed by atoms with Crippen molar-refractivity contribution in [3.05, 3.63) is 12.2 Å². The number of aliphatic hydroxyl groups excluding tert-OH is 1. The van der Waals surface area contributed by atoms with Crippen LogP contribution in [0.4, 0.5) is 0 Å². The lowest BCUT2D eigenvalue weighted by molar-refractivity contribution is -0.141. The largest absolute Gasteiger partial charge is 0.466 e. The topological polar surface area (TPSA) is 72.8 Å². The van der Waals surface area contributed by atoms with Crippen LogP contribution in [-0.2, 0) is 19.1 Å². The van der Waals surface area contributed by atoms with E-state index in [9.17, 15) is 9.59 Å². The highest BCUT2D eigenvalue weighted by Crippen LogP contribution is 1.90. The van der Waals surface area contributed by atoms with E-state index < -0.39 is 5.97 Å². The van der Waals surface area contributed by atoms with Crippen LogP contribution in [0.3, 0.4) is 0 Å². The predicted octanol–water partition coefficient (Wildman–Crippen LogP) is 1.45. The second-order valence-electron chi connectivity index (χ2n) is 3.33. The van der Waals surface area contributed by atoms with Crippen LogP contribution in [0.25, 0.3) is 0 Å². The monoisotopic (exact) mass is 246 g/mol. The highest BCUT2D eigenvalue weighted by Gasteiger charge is 1.99. The third-order valence-electron chi connectivity index (χ3n) is 1.48. The molecule has 0 aliphatic carbocycles. The molecule has 0 bridgehead atoms. The van der Waals surface area contributed by atoms with E-state index in [-0.39, 0.29) is 19.2 Å². The van der Waals surface area contributed by atoms with E-state index in [1.165, 1.54) is 6.92 Å². The average molecular weight is 246 g/mol. The Labute approximate surface area is 102 Å². The van der Waals surface area contributed by atoms with Crippen LogP contribution in [0, 0.1) is 0 Å². The van der Waals surface area contributed by atoms with E-state index in [1.807, 2.05) is 0 Å². The molecule has 0 aromatic heterocycles. The lowest BCUT2D eigenvalue weighted by atomic mass is 10.4. The maximum Gasteiger partial charge on any atom is 0.333 e. The van der Waals surface area contributed by atoms with Crippen LogP contribution < -0.4 is 0 Å². The van der Waals surface area contributed by atoms with Crippen molar-refractivity contribution < 1.29 is 24.2 Å². The van der Waals surface area contributed by atoms with Crippen molar-refractivity contribution in [3.63, 3.8) is 0 Å². The first-order chi connectivity index (χ1) is 7.95. The van der Waals surface area contributed by atoms with Gasteiger partial charge in [-0.25, -0.2) is 4.79 Å². The molecule has 0 saturated heterocycles. The maximum absolute atomic E-state index is 10.5. The fraction of sp³-hybridized carbons (Fsp3) is 0.667. The van der Waals surface area contributed by atoms with Gasteiger partial charge < -0.3 is 14.6 Å². The highest BCUT2D eigenvalue weighted by atomic mass is 16.5. The Bertz CT molecular complexity index is 235. The molecule has 17 heavy (non-hydrogen) atoms. The van der Waals surface area contributed by atoms with Gasteiger partial charge in [0.2, 0.25) is 0 Å². The molecule has 0 rings (SSSR count). The molecular weight excluding hydrogens is 224 g/mol. The molecule has 1 N–H and O–H groups in total. The zero-order chi connectivity index (χ0) is 13.7. The van der Waals surface area contributed by atoms with Crippen LogP contribution >= 0.6 is 0 Å². The maximum atomic E-state index is 10.5. The van der Waals surface area contributed by atoms with Gasteiger partial charge in [-0.05, 0) is 13.3 Å². The van der Waals surface area contributed by atoms with Gasteiger partial charge >= 0.3 is 11.9 Å². The molecule has 0 aromatic carbocycles. The molecule has 0 fully saturated rings. The number of rotatable bonds is 6. The number of ether oxygens (including phenoxy) is 2. The molecular formula is C12H22O5. The first-order valence-corrected chi connectivity index (χ1v) is 5.52. The van der Waals surface area contributed by atoms with Crippen molar-refractivity contribution in [1.82, 2.24) is 0 Å². The van der Waals surface area contributed by atoms with E-state index in [2.05, 4.69) is 23.0 Å². The van der Waals surface area contributed by atoms with Gasteiger partial charge in [0.15, 0.2) is 0 Å². The number of unbranched alkanes of at least 4 members (excludes halogenated alkanes) is 1. The molecule has 0 spiro atoms. The molecule has 0 radical (unpaired) electrons. The Morgan fingerprint density at radius 3 is 2.12 bits per heavy atom. The minimum atomic E-state index is -0.455. The summed E-state index contributed by atoms with van der Waals surface area (Å²) in [5, 5.41) is 8.19. The summed E-state index contributed by atoms with van der Waals surface area (Å²) in [6.07, 6.45) is 2.05. The van der Waals surface area contributed by atoms with Gasteiger partial charge in [-0.2, -0.15) is 0 Å². The van der Waals surface area contributed by atoms with Gasteiger partial charge in [0.1, 0.15) is 6.61 Å². The molecule has 0 atom stereocenters. The van der Waals surface area contributed by atoms with Gasteiger partial charge in [-0.1, -0.05) is 19.9 Å². The summed E-state index contributed by atoms with van der Waals surface area (Å²) in [4.78, 5) is 20.6. The van der Waals surface area contributed by atoms with E-state index in [4.69, 9.17) is 5.11 Å². The number of carbonyl (C=O) groups is 2. The fourth-order valence-corrected chi connectivity index (χ4v) is 0.622. The SMILES string of the molecule is C=C(C)C(=O)OCCO.CCCCOC(C)=O. The van der Waals surface area contributed by atoms with E-state index in [0.29, 0.717) is 12.2 Å². The third kappa shape index (κ3) is 17.3. The minimum Gasteiger partial charge on any atom is -0.466 e. The standard InChI is InChI=1S/C6H10O3.C6H12O2/c1-5(2)6(8)9-4-3-7;1-3-4-5-8-6(2)7/h7H,1,3-4H2,2H3;3-5H2,1-2H3. The second kappa shape index (κ2) is 12.7. The second-order valence-corrected chi connectivity index (χ2v) is 3.33. The number of hydrogen-bond acceptors (Lipinski definition) is 5. The predicted molar refractivity (Wildman–Crippen MR) is 64.4 cm³/mol. The average Bonchev–Trinajstić information content (AvgIpc) is 2.26. The Kier molecular flexibility index (Phi) is 13.5. The number of hydrogen-bond donors (Lipinski definition) is 1. The van der Waals surface area contributed by atoms with Gasteiger partial charge in [-0.15, -0.1) is 0 Å². The van der Waals surface area contributed by atoms with E-state index in [0.717, 1.165) is 12.8 Å². The smallest absolute Gasteiger partial charge is 0.333 e. The molecule has 0 aliphatic rings. The minimum absolute atomic E-state index is 0.0473. The van der Waals surface area contributed by atoms with Crippen LogP contribution in [0.5, 0.6) is 0 Å². The third-order valence-corrected chi connectivity index (χ3v) is 1.48. The van der Waals surface area contributed by atoms with Gasteiger partial charge in [0.25, 0.3) is 0 Å². The number of esters is 2. The van der Waals surface area contributed by atoms with Gasteiger partial charge in [-0.3, -0.25) is 4.79 Å². The van der Waals surface area contributed by atoms with Gasteiger partial charge in [0, 0.05) is 12.5 Å². The molecule has 0 saturated carbocycles. The summed E-state index contributed by atoms with van der Waals surface area (Å²) >= 11 is 0. The highest BCUT2D eigenvalue weighted by molar-refractivity contribution is 5.86. The van der Waals surface area contributed by atoms with Crippen molar-refractivity contribution >= 4 is 11.9 Å². The summed E-state index contributed by atoms with van der Waals surface area (Å²) in [6.45, 7) is 8.88. The Morgan fingerprint density at radius 2 is 1.76 bits per heavy atom. The normalized spacial score (nSPS) is 8.71. The summed E-state index contributed by atoms with van der Waals surface area (Å²) in [5.41, 5.74) is 0.350. The molecule has 5 nitrogen and oxygen atoms in total. The molecule has 0 amide bonds. The molecule has 5 heteroatoms. The zero-order valence-corrected chi connectivity index (χ0v) is 10.8. The molecule has 100 valence electrons. The summed E-state index contributed by atoms with van der Waals surface area (Å²) in [7, 11) is 0. The molecule has 0 unspecified atom stereocenters. The molecule has 0 aliphatic heterocycles. The zero-order valence-electron chi connectivity index (χ0n) is 10.8. The summed E-state index contributed by atoms with van der Waals surface area (Å²) in [5.74, 6) is -0.637. The molecule has 0 aromatic rings. The number of aliphatic hydroxyl groups is 1. The lowest BCUT2D eigenvalue weighted by Gasteiger charge is -1.99. The van der Waals surface area contributed by atoms with Crippen LogP contribution in [-0.4, -0.2) is 36.9 Å². The van der Waals surface area contributed by atoms with Crippen molar-refractivity contribution in [2.75, 3.05) is 19.8 Å². The number of carbonyl (C=O) groups excluding carboxylic acids is 2. The Balaban J connectivity index is 0. The Morgan fingerprint density at radius 1 is 1.18 bits per heavy atom. The van der Waals surface area contributed by atoms with Crippen LogP contribution in [0.15, 0.2) is 12.2 Å². The first kappa shape index (κ1) is 18.0. The summed E-state index contributed by atoms with van der Waals surface area (Å²) < 4.78 is 9.11. The summed E-state index contributed by atoms with van der Waals surface area (Å²) in [6, 6.07) is 0. The van der Waals surface area contributed by atoms with Crippen molar-refractivity contribution in [2.45, 2.75) is 33.6 Å². The first-order valence-electron chi connectivity index (χ1n) is 5.52. The van der Waals surface area contributed by atoms with Crippen molar-refractivity contribution in [3.8, 4) is 0 Å². The Hall–Kier alpha value is -1.36. The fourth-order valence-electron chi connectivity index (χ4n) is 0.622. The van der Waals surface area contributed by atoms with Gasteiger partial charge in [0.05, 0.1) is 13.2 Å². The lowest BCUT2D eigenvalue weighted by Crippen LogP contribution is -2.08. The van der Waals surface area contributed by atoms with Crippen LogP contribution in [0.2, 0.25) is 0 Å². The van der Waals surface area contributed by atoms with Crippen LogP contribution in [0.1, 0.15) is 33.6 Å². The van der Waals surface area contributed by atoms with E-state index in [1.54, 1.807) is 6.92 Å². The van der Waals surface area contributed by atoms with Crippen molar-refractivity contribution in [2.24, 2.45) is 0 Å². The van der Waals surface area contributed by atoms with E-state index >= 15 is 0 Å².